The molecule has 162 valence electrons. The zero-order chi connectivity index (χ0) is 20.5. The monoisotopic (exact) mass is 406 g/mol. The van der Waals surface area contributed by atoms with E-state index in [0.717, 1.165) is 69.0 Å². The van der Waals surface area contributed by atoms with E-state index < -0.39 is 0 Å². The van der Waals surface area contributed by atoms with Crippen molar-refractivity contribution in [2.24, 2.45) is 5.92 Å². The fraction of sp³-hybridized carbons (Fsp3) is 0.682. The van der Waals surface area contributed by atoms with Crippen LogP contribution in [0.25, 0.3) is 0 Å². The summed E-state index contributed by atoms with van der Waals surface area (Å²) in [4.78, 5) is 14.4. The minimum Gasteiger partial charge on any atom is -0.497 e. The molecule has 2 fully saturated rings. The summed E-state index contributed by atoms with van der Waals surface area (Å²) in [5, 5.41) is 3.00. The molecule has 1 amide bonds. The van der Waals surface area contributed by atoms with Crippen molar-refractivity contribution in [2.45, 2.75) is 38.4 Å². The zero-order valence-electron chi connectivity index (χ0n) is 17.7. The van der Waals surface area contributed by atoms with Gasteiger partial charge in [-0.3, -0.25) is 9.69 Å². The number of rotatable bonds is 10. The Balaban J connectivity index is 1.31. The van der Waals surface area contributed by atoms with Crippen LogP contribution in [0.15, 0.2) is 18.2 Å². The number of carbonyl (C=O) groups excluding carboxylic acids is 1. The van der Waals surface area contributed by atoms with Crippen molar-refractivity contribution >= 4 is 5.91 Å². The first-order valence-corrected chi connectivity index (χ1v) is 10.6. The summed E-state index contributed by atoms with van der Waals surface area (Å²) in [5.74, 6) is 2.18. The van der Waals surface area contributed by atoms with Gasteiger partial charge in [-0.2, -0.15) is 0 Å². The molecule has 7 heteroatoms. The van der Waals surface area contributed by atoms with Crippen LogP contribution in [0.1, 0.15) is 31.2 Å². The quantitative estimate of drug-likeness (QED) is 0.643. The van der Waals surface area contributed by atoms with Gasteiger partial charge in [0, 0.05) is 25.8 Å². The molecule has 0 unspecified atom stereocenters. The highest BCUT2D eigenvalue weighted by molar-refractivity contribution is 5.78. The molecule has 3 rings (SSSR count). The highest BCUT2D eigenvalue weighted by Gasteiger charge is 2.22. The van der Waals surface area contributed by atoms with E-state index in [4.69, 9.17) is 18.9 Å². The molecule has 0 aromatic heterocycles. The number of amides is 1. The van der Waals surface area contributed by atoms with Crippen LogP contribution in [-0.2, 0) is 20.9 Å². The summed E-state index contributed by atoms with van der Waals surface area (Å²) < 4.78 is 22.1. The first kappa shape index (κ1) is 21.9. The second-order valence-electron chi connectivity index (χ2n) is 7.89. The van der Waals surface area contributed by atoms with Crippen LogP contribution in [0, 0.1) is 5.92 Å². The molecule has 2 heterocycles. The minimum absolute atomic E-state index is 0.0992. The number of piperidine rings is 1. The molecule has 0 aliphatic carbocycles. The van der Waals surface area contributed by atoms with Crippen LogP contribution in [0.4, 0.5) is 0 Å². The van der Waals surface area contributed by atoms with E-state index >= 15 is 0 Å². The van der Waals surface area contributed by atoms with Crippen LogP contribution in [0.2, 0.25) is 0 Å². The Hall–Kier alpha value is -1.83. The number of nitrogens with one attached hydrogen (secondary N) is 1. The summed E-state index contributed by atoms with van der Waals surface area (Å²) in [6, 6.07) is 5.80. The standard InChI is InChI=1S/C22H34N2O5/c1-26-20-10-18(11-21(12-20)27-2)16-28-15-17-5-7-24(8-6-17)14-22(25)23-13-19-4-3-9-29-19/h10-12,17,19H,3-9,13-16H2,1-2H3,(H,23,25)/t19-/m0/s1. The van der Waals surface area contributed by atoms with Gasteiger partial charge in [-0.05, 0) is 62.4 Å². The Morgan fingerprint density at radius 3 is 2.48 bits per heavy atom. The molecule has 2 saturated heterocycles. The third kappa shape index (κ3) is 7.17. The van der Waals surface area contributed by atoms with E-state index in [-0.39, 0.29) is 12.0 Å². The molecule has 1 N–H and O–H groups in total. The number of likely N-dealkylation sites (tertiary alicyclic amines) is 1. The van der Waals surface area contributed by atoms with Crippen LogP contribution in [-0.4, -0.2) is 70.5 Å². The summed E-state index contributed by atoms with van der Waals surface area (Å²) >= 11 is 0. The van der Waals surface area contributed by atoms with Gasteiger partial charge in [-0.15, -0.1) is 0 Å². The number of hydrogen-bond acceptors (Lipinski definition) is 6. The Kier molecular flexibility index (Phi) is 8.58. The third-order valence-electron chi connectivity index (χ3n) is 5.66. The first-order valence-electron chi connectivity index (χ1n) is 10.6. The van der Waals surface area contributed by atoms with Gasteiger partial charge in [0.05, 0.1) is 33.5 Å². The normalized spacial score (nSPS) is 20.6. The SMILES string of the molecule is COc1cc(COCC2CCN(CC(=O)NC[C@@H]3CCCO3)CC2)cc(OC)c1. The lowest BCUT2D eigenvalue weighted by Gasteiger charge is -2.31. The molecule has 29 heavy (non-hydrogen) atoms. The van der Waals surface area contributed by atoms with Crippen LogP contribution in [0.5, 0.6) is 11.5 Å². The number of carbonyl (C=O) groups is 1. The molecule has 1 atom stereocenters. The molecule has 1 aromatic rings. The Labute approximate surface area is 173 Å². The molecular weight excluding hydrogens is 372 g/mol. The number of nitrogens with zero attached hydrogens (tertiary/aromatic N) is 1. The minimum atomic E-state index is 0.0992. The summed E-state index contributed by atoms with van der Waals surface area (Å²) in [7, 11) is 3.30. The molecule has 0 spiro atoms. The van der Waals surface area contributed by atoms with Crippen LogP contribution >= 0.6 is 0 Å². The Morgan fingerprint density at radius 1 is 1.14 bits per heavy atom. The molecule has 0 radical (unpaired) electrons. The molecule has 2 aliphatic heterocycles. The largest absolute Gasteiger partial charge is 0.497 e. The van der Waals surface area contributed by atoms with E-state index in [1.807, 2.05) is 18.2 Å². The van der Waals surface area contributed by atoms with Gasteiger partial charge >= 0.3 is 0 Å². The number of ether oxygens (including phenoxy) is 4. The van der Waals surface area contributed by atoms with Gasteiger partial charge in [0.25, 0.3) is 0 Å². The molecule has 0 bridgehead atoms. The van der Waals surface area contributed by atoms with Crippen molar-refractivity contribution in [2.75, 3.05) is 53.6 Å². The molecule has 7 nitrogen and oxygen atoms in total. The predicted molar refractivity (Wildman–Crippen MR) is 110 cm³/mol. The van der Waals surface area contributed by atoms with E-state index in [0.29, 0.717) is 25.6 Å². The van der Waals surface area contributed by atoms with Crippen molar-refractivity contribution in [3.8, 4) is 11.5 Å². The molecule has 1 aromatic carbocycles. The summed E-state index contributed by atoms with van der Waals surface area (Å²) in [6.45, 7) is 5.09. The van der Waals surface area contributed by atoms with Crippen molar-refractivity contribution in [1.82, 2.24) is 10.2 Å². The maximum Gasteiger partial charge on any atom is 0.234 e. The van der Waals surface area contributed by atoms with Crippen LogP contribution < -0.4 is 14.8 Å². The highest BCUT2D eigenvalue weighted by Crippen LogP contribution is 2.24. The molecule has 0 saturated carbocycles. The predicted octanol–water partition coefficient (Wildman–Crippen LogP) is 2.23. The van der Waals surface area contributed by atoms with Crippen molar-refractivity contribution in [1.29, 1.82) is 0 Å². The van der Waals surface area contributed by atoms with Gasteiger partial charge in [-0.25, -0.2) is 0 Å². The summed E-state index contributed by atoms with van der Waals surface area (Å²) in [6.07, 6.45) is 4.46. The van der Waals surface area contributed by atoms with Crippen molar-refractivity contribution in [3.63, 3.8) is 0 Å². The van der Waals surface area contributed by atoms with Gasteiger partial charge in [0.15, 0.2) is 0 Å². The third-order valence-corrected chi connectivity index (χ3v) is 5.66. The average molecular weight is 407 g/mol. The van der Waals surface area contributed by atoms with E-state index in [1.165, 1.54) is 0 Å². The second-order valence-corrected chi connectivity index (χ2v) is 7.89. The summed E-state index contributed by atoms with van der Waals surface area (Å²) in [5.41, 5.74) is 1.04. The van der Waals surface area contributed by atoms with Gasteiger partial charge in [-0.1, -0.05) is 0 Å². The van der Waals surface area contributed by atoms with Crippen LogP contribution in [0.3, 0.4) is 0 Å². The lowest BCUT2D eigenvalue weighted by Crippen LogP contribution is -2.43. The second kappa shape index (κ2) is 11.4. The number of benzene rings is 1. The zero-order valence-corrected chi connectivity index (χ0v) is 17.7. The average Bonchev–Trinajstić information content (AvgIpc) is 3.27. The Bertz CT molecular complexity index is 618. The maximum absolute atomic E-state index is 12.1. The lowest BCUT2D eigenvalue weighted by atomic mass is 9.98. The van der Waals surface area contributed by atoms with E-state index in [1.54, 1.807) is 14.2 Å². The topological polar surface area (TPSA) is 69.3 Å². The highest BCUT2D eigenvalue weighted by atomic mass is 16.5. The Morgan fingerprint density at radius 2 is 1.86 bits per heavy atom. The fourth-order valence-corrected chi connectivity index (χ4v) is 3.90. The number of hydrogen-bond donors (Lipinski definition) is 1. The maximum atomic E-state index is 12.1. The lowest BCUT2D eigenvalue weighted by molar-refractivity contribution is -0.123. The first-order chi connectivity index (χ1) is 14.2. The fourth-order valence-electron chi connectivity index (χ4n) is 3.90. The van der Waals surface area contributed by atoms with E-state index in [2.05, 4.69) is 10.2 Å². The van der Waals surface area contributed by atoms with Crippen molar-refractivity contribution in [3.05, 3.63) is 23.8 Å². The van der Waals surface area contributed by atoms with Gasteiger partial charge < -0.3 is 24.3 Å². The molecule has 2 aliphatic rings. The van der Waals surface area contributed by atoms with Crippen molar-refractivity contribution < 1.29 is 23.7 Å². The van der Waals surface area contributed by atoms with Gasteiger partial charge in [0.2, 0.25) is 5.91 Å². The number of methoxy groups -OCH3 is 2. The van der Waals surface area contributed by atoms with E-state index in [9.17, 15) is 4.79 Å². The molecular formula is C22H34N2O5. The smallest absolute Gasteiger partial charge is 0.234 e. The van der Waals surface area contributed by atoms with Gasteiger partial charge in [0.1, 0.15) is 11.5 Å².